The molecule has 0 aliphatic carbocycles. The van der Waals surface area contributed by atoms with E-state index in [1.807, 2.05) is 97.9 Å². The van der Waals surface area contributed by atoms with Gasteiger partial charge in [-0.2, -0.15) is 0 Å². The van der Waals surface area contributed by atoms with E-state index in [2.05, 4.69) is 35.1 Å². The lowest BCUT2D eigenvalue weighted by Gasteiger charge is -2.31. The zero-order valence-electron chi connectivity index (χ0n) is 18.5. The molecule has 3 aromatic carbocycles. The van der Waals surface area contributed by atoms with E-state index >= 15 is 0 Å². The molecule has 0 aliphatic heterocycles. The molecule has 0 amide bonds. The lowest BCUT2D eigenvalue weighted by Crippen LogP contribution is -2.22. The lowest BCUT2D eigenvalue weighted by atomic mass is 10.2. The first kappa shape index (κ1) is 23.6. The molecule has 6 heteroatoms. The molecule has 4 nitrogen and oxygen atoms in total. The first-order valence-electron chi connectivity index (χ1n) is 10.4. The fraction of sp³-hybridized carbons (Fsp3) is 0.280. The molecule has 3 rings (SSSR count). The Morgan fingerprint density at radius 1 is 0.935 bits per heavy atom. The van der Waals surface area contributed by atoms with Crippen molar-refractivity contribution < 1.29 is 9.09 Å². The molecule has 31 heavy (non-hydrogen) atoms. The Morgan fingerprint density at radius 3 is 2.10 bits per heavy atom. The maximum atomic E-state index is 14.7. The Hall–Kier alpha value is -2.07. The Morgan fingerprint density at radius 2 is 1.55 bits per heavy atom. The van der Waals surface area contributed by atoms with Crippen LogP contribution in [0.2, 0.25) is 0 Å². The minimum absolute atomic E-state index is 0.261. The SMILES string of the molecule is CC(C)CO[P@](=O)(c1ccc(N(C)C)cc1)[C@@H](Nc1ccccc1)c1ccc(Br)cc1. The van der Waals surface area contributed by atoms with Crippen molar-refractivity contribution in [1.82, 2.24) is 0 Å². The zero-order chi connectivity index (χ0) is 22.4. The first-order chi connectivity index (χ1) is 14.8. The van der Waals surface area contributed by atoms with Crippen molar-refractivity contribution in [3.63, 3.8) is 0 Å². The molecular formula is C25H30BrN2O2P. The van der Waals surface area contributed by atoms with Crippen LogP contribution in [0.4, 0.5) is 11.4 Å². The highest BCUT2D eigenvalue weighted by Crippen LogP contribution is 2.59. The van der Waals surface area contributed by atoms with E-state index in [-0.39, 0.29) is 5.92 Å². The van der Waals surface area contributed by atoms with Crippen molar-refractivity contribution in [2.45, 2.75) is 19.6 Å². The standard InChI is InChI=1S/C25H30BrN2O2P/c1-19(2)18-30-31(29,24-16-14-23(15-17-24)28(3)4)25(20-10-12-21(26)13-11-20)27-22-8-6-5-7-9-22/h5-17,19,25,27H,18H2,1-4H3/t25-,31-/m1/s1. The number of halogens is 1. The maximum absolute atomic E-state index is 14.7. The van der Waals surface area contributed by atoms with Crippen LogP contribution in [0.15, 0.2) is 83.3 Å². The van der Waals surface area contributed by atoms with Gasteiger partial charge in [-0.25, -0.2) is 0 Å². The maximum Gasteiger partial charge on any atom is 0.258 e. The number of hydrogen-bond acceptors (Lipinski definition) is 4. The van der Waals surface area contributed by atoms with Crippen LogP contribution in [0.3, 0.4) is 0 Å². The minimum atomic E-state index is -3.33. The normalized spacial score (nSPS) is 14.1. The molecule has 164 valence electrons. The third-order valence-electron chi connectivity index (χ3n) is 4.93. The highest BCUT2D eigenvalue weighted by Gasteiger charge is 2.38. The van der Waals surface area contributed by atoms with Gasteiger partial charge in [0, 0.05) is 35.2 Å². The van der Waals surface area contributed by atoms with Gasteiger partial charge in [0.25, 0.3) is 7.37 Å². The molecule has 0 bridgehead atoms. The Labute approximate surface area is 194 Å². The van der Waals surface area contributed by atoms with Crippen molar-refractivity contribution in [2.24, 2.45) is 5.92 Å². The summed E-state index contributed by atoms with van der Waals surface area (Å²) in [5, 5.41) is 4.20. The topological polar surface area (TPSA) is 41.6 Å². The number of para-hydroxylation sites is 1. The average Bonchev–Trinajstić information content (AvgIpc) is 2.77. The Kier molecular flexibility index (Phi) is 7.99. The van der Waals surface area contributed by atoms with Gasteiger partial charge < -0.3 is 14.7 Å². The van der Waals surface area contributed by atoms with E-state index in [0.29, 0.717) is 11.9 Å². The summed E-state index contributed by atoms with van der Waals surface area (Å²) in [7, 11) is 0.650. The van der Waals surface area contributed by atoms with Crippen molar-refractivity contribution >= 4 is 40.0 Å². The number of hydrogen-bond donors (Lipinski definition) is 1. The van der Waals surface area contributed by atoms with Crippen LogP contribution in [-0.4, -0.2) is 20.7 Å². The second kappa shape index (κ2) is 10.5. The van der Waals surface area contributed by atoms with Crippen molar-refractivity contribution in [2.75, 3.05) is 30.9 Å². The summed E-state index contributed by atoms with van der Waals surface area (Å²) in [6.45, 7) is 4.55. The van der Waals surface area contributed by atoms with Crippen LogP contribution in [0, 0.1) is 5.92 Å². The Balaban J connectivity index is 2.11. The second-order valence-electron chi connectivity index (χ2n) is 8.16. The molecule has 0 unspecified atom stereocenters. The Bertz CT molecular complexity index is 1010. The predicted molar refractivity (Wildman–Crippen MR) is 136 cm³/mol. The summed E-state index contributed by atoms with van der Waals surface area (Å²) in [5.41, 5.74) is 2.86. The number of nitrogens with zero attached hydrogens (tertiary/aromatic N) is 1. The minimum Gasteiger partial charge on any atom is -0.378 e. The van der Waals surface area contributed by atoms with E-state index in [1.165, 1.54) is 0 Å². The van der Waals surface area contributed by atoms with Crippen LogP contribution in [0.25, 0.3) is 0 Å². The molecule has 0 fully saturated rings. The number of benzene rings is 3. The third-order valence-corrected chi connectivity index (χ3v) is 8.11. The lowest BCUT2D eigenvalue weighted by molar-refractivity contribution is 0.272. The van der Waals surface area contributed by atoms with Gasteiger partial charge in [0.2, 0.25) is 0 Å². The van der Waals surface area contributed by atoms with Crippen molar-refractivity contribution in [1.29, 1.82) is 0 Å². The molecule has 0 aromatic heterocycles. The van der Waals surface area contributed by atoms with Gasteiger partial charge in [-0.3, -0.25) is 4.57 Å². The molecule has 0 spiro atoms. The number of rotatable bonds is 9. The average molecular weight is 501 g/mol. The monoisotopic (exact) mass is 500 g/mol. The largest absolute Gasteiger partial charge is 0.378 e. The summed E-state index contributed by atoms with van der Waals surface area (Å²) in [5.74, 6) is -0.261. The molecular weight excluding hydrogens is 471 g/mol. The highest BCUT2D eigenvalue weighted by atomic mass is 79.9. The fourth-order valence-electron chi connectivity index (χ4n) is 3.22. The summed E-state index contributed by atoms with van der Waals surface area (Å²) in [6, 6.07) is 25.6. The van der Waals surface area contributed by atoms with Crippen molar-refractivity contribution in [3.05, 3.63) is 88.9 Å². The predicted octanol–water partition coefficient (Wildman–Crippen LogP) is 6.90. The second-order valence-corrected chi connectivity index (χ2v) is 11.6. The number of anilines is 2. The van der Waals surface area contributed by atoms with Gasteiger partial charge in [-0.1, -0.05) is 60.1 Å². The molecule has 1 N–H and O–H groups in total. The van der Waals surface area contributed by atoms with Gasteiger partial charge in [0.05, 0.1) is 6.61 Å². The van der Waals surface area contributed by atoms with Gasteiger partial charge in [0.1, 0.15) is 5.78 Å². The molecule has 2 atom stereocenters. The van der Waals surface area contributed by atoms with Gasteiger partial charge >= 0.3 is 0 Å². The van der Waals surface area contributed by atoms with Gasteiger partial charge in [-0.05, 0) is 60.0 Å². The van der Waals surface area contributed by atoms with Crippen LogP contribution < -0.4 is 15.5 Å². The van der Waals surface area contributed by atoms with E-state index in [4.69, 9.17) is 4.52 Å². The molecule has 0 radical (unpaired) electrons. The first-order valence-corrected chi connectivity index (χ1v) is 12.9. The zero-order valence-corrected chi connectivity index (χ0v) is 20.9. The summed E-state index contributed by atoms with van der Waals surface area (Å²) in [4.78, 5) is 2.03. The quantitative estimate of drug-likeness (QED) is 0.324. The molecule has 0 saturated heterocycles. The van der Waals surface area contributed by atoms with E-state index in [1.54, 1.807) is 0 Å². The summed E-state index contributed by atoms with van der Waals surface area (Å²) in [6.07, 6.45) is 0. The molecule has 3 aromatic rings. The summed E-state index contributed by atoms with van der Waals surface area (Å²) < 4.78 is 21.9. The summed E-state index contributed by atoms with van der Waals surface area (Å²) >= 11 is 3.50. The molecule has 0 aliphatic rings. The fourth-order valence-corrected chi connectivity index (χ4v) is 6.05. The van der Waals surface area contributed by atoms with Crippen LogP contribution in [0.1, 0.15) is 25.2 Å². The smallest absolute Gasteiger partial charge is 0.258 e. The van der Waals surface area contributed by atoms with Gasteiger partial charge in [-0.15, -0.1) is 0 Å². The van der Waals surface area contributed by atoms with Gasteiger partial charge in [0.15, 0.2) is 0 Å². The van der Waals surface area contributed by atoms with Crippen molar-refractivity contribution in [3.8, 4) is 0 Å². The van der Waals surface area contributed by atoms with Crippen LogP contribution in [0.5, 0.6) is 0 Å². The van der Waals surface area contributed by atoms with Crippen LogP contribution in [-0.2, 0) is 9.09 Å². The molecule has 0 saturated carbocycles. The number of nitrogens with one attached hydrogen (secondary N) is 1. The highest BCUT2D eigenvalue weighted by molar-refractivity contribution is 9.10. The molecule has 0 heterocycles. The van der Waals surface area contributed by atoms with E-state index < -0.39 is 13.2 Å². The van der Waals surface area contributed by atoms with E-state index in [9.17, 15) is 4.57 Å². The van der Waals surface area contributed by atoms with Crippen LogP contribution >= 0.6 is 23.3 Å². The third kappa shape index (κ3) is 6.00. The van der Waals surface area contributed by atoms with E-state index in [0.717, 1.165) is 21.4 Å².